The van der Waals surface area contributed by atoms with Crippen LogP contribution >= 0.6 is 12.2 Å². The van der Waals surface area contributed by atoms with Gasteiger partial charge in [-0.2, -0.15) is 0 Å². The van der Waals surface area contributed by atoms with E-state index in [2.05, 4.69) is 17.2 Å². The number of rotatable bonds is 4. The van der Waals surface area contributed by atoms with Crippen LogP contribution < -0.4 is 40.2 Å². The Labute approximate surface area is 129 Å². The van der Waals surface area contributed by atoms with Crippen molar-refractivity contribution in [3.8, 4) is 0 Å². The third-order valence-electron chi connectivity index (χ3n) is 2.86. The van der Waals surface area contributed by atoms with Gasteiger partial charge < -0.3 is 10.6 Å². The average molecular weight is 263 g/mol. The Hall–Kier alpha value is -0.230. The Morgan fingerprint density at radius 2 is 1.82 bits per heavy atom. The molecule has 0 unspecified atom stereocenters. The molecule has 1 saturated heterocycles. The number of amides is 2. The first-order valence-electron chi connectivity index (χ1n) is 5.28. The van der Waals surface area contributed by atoms with E-state index in [1.165, 1.54) is 0 Å². The van der Waals surface area contributed by atoms with Gasteiger partial charge in [-0.1, -0.05) is 31.9 Å². The van der Waals surface area contributed by atoms with Crippen LogP contribution in [0.15, 0.2) is 12.2 Å². The fourth-order valence-corrected chi connectivity index (χ4v) is 2.01. The van der Waals surface area contributed by atoms with Crippen molar-refractivity contribution in [1.82, 2.24) is 10.6 Å². The van der Waals surface area contributed by atoms with Gasteiger partial charge >= 0.3 is 29.6 Å². The molecule has 0 radical (unpaired) electrons. The summed E-state index contributed by atoms with van der Waals surface area (Å²) in [5.41, 5.74) is -0.600. The molecule has 1 heterocycles. The SMILES string of the molecule is C=C(C)C1(CCCC)C(=O)NC(=S)NC1=O.[Na+]. The predicted octanol–water partition coefficient (Wildman–Crippen LogP) is -1.73. The monoisotopic (exact) mass is 263 g/mol. The van der Waals surface area contributed by atoms with Gasteiger partial charge in [0.25, 0.3) is 0 Å². The van der Waals surface area contributed by atoms with Gasteiger partial charge in [0, 0.05) is 0 Å². The molecule has 2 N–H and O–H groups in total. The van der Waals surface area contributed by atoms with Crippen molar-refractivity contribution in [2.24, 2.45) is 5.41 Å². The van der Waals surface area contributed by atoms with E-state index in [4.69, 9.17) is 12.2 Å². The molecule has 0 aromatic carbocycles. The Kier molecular flexibility index (Phi) is 6.55. The van der Waals surface area contributed by atoms with Crippen LogP contribution in [0.3, 0.4) is 0 Å². The van der Waals surface area contributed by atoms with Gasteiger partial charge in [0.15, 0.2) is 5.11 Å². The molecule has 0 saturated carbocycles. The summed E-state index contributed by atoms with van der Waals surface area (Å²) in [6.07, 6.45) is 2.18. The molecule has 1 fully saturated rings. The Balaban J connectivity index is 0.00000256. The molecule has 6 heteroatoms. The minimum absolute atomic E-state index is 0. The van der Waals surface area contributed by atoms with E-state index < -0.39 is 5.41 Å². The van der Waals surface area contributed by atoms with E-state index in [1.807, 2.05) is 6.92 Å². The number of thiocarbonyl (C=S) groups is 1. The van der Waals surface area contributed by atoms with E-state index in [9.17, 15) is 9.59 Å². The molecule has 4 nitrogen and oxygen atoms in total. The number of carbonyl (C=O) groups excluding carboxylic acids is 2. The molecule has 2 amide bonds. The van der Waals surface area contributed by atoms with Gasteiger partial charge in [0.1, 0.15) is 5.41 Å². The van der Waals surface area contributed by atoms with Crippen molar-refractivity contribution in [2.45, 2.75) is 33.1 Å². The number of unbranched alkanes of at least 4 members (excludes halogenated alkanes) is 1. The fraction of sp³-hybridized carbons (Fsp3) is 0.545. The van der Waals surface area contributed by atoms with Gasteiger partial charge in [0.05, 0.1) is 0 Å². The maximum atomic E-state index is 12.0. The van der Waals surface area contributed by atoms with Crippen molar-refractivity contribution in [1.29, 1.82) is 0 Å². The topological polar surface area (TPSA) is 58.2 Å². The van der Waals surface area contributed by atoms with E-state index >= 15 is 0 Å². The quantitative estimate of drug-likeness (QED) is 0.274. The maximum Gasteiger partial charge on any atom is 1.00 e. The smallest absolute Gasteiger partial charge is 0.302 e. The van der Waals surface area contributed by atoms with Crippen molar-refractivity contribution < 1.29 is 39.1 Å². The Morgan fingerprint density at radius 3 is 2.18 bits per heavy atom. The minimum Gasteiger partial charge on any atom is -0.302 e. The van der Waals surface area contributed by atoms with E-state index in [1.54, 1.807) is 6.92 Å². The van der Waals surface area contributed by atoms with Crippen LogP contribution in [0.4, 0.5) is 0 Å². The largest absolute Gasteiger partial charge is 1.00 e. The molecule has 0 aliphatic carbocycles. The number of carbonyl (C=O) groups is 2. The second kappa shape index (κ2) is 6.64. The summed E-state index contributed by atoms with van der Waals surface area (Å²) in [7, 11) is 0. The van der Waals surface area contributed by atoms with Gasteiger partial charge in [0.2, 0.25) is 11.8 Å². The number of nitrogens with one attached hydrogen (secondary N) is 2. The second-order valence-electron chi connectivity index (χ2n) is 4.03. The molecule has 0 aromatic rings. The first-order valence-corrected chi connectivity index (χ1v) is 5.68. The summed E-state index contributed by atoms with van der Waals surface area (Å²) < 4.78 is 0. The molecule has 88 valence electrons. The van der Waals surface area contributed by atoms with Crippen LogP contribution in [0.25, 0.3) is 0 Å². The molecule has 0 bridgehead atoms. The van der Waals surface area contributed by atoms with E-state index in [0.29, 0.717) is 12.0 Å². The summed E-state index contributed by atoms with van der Waals surface area (Å²) in [4.78, 5) is 23.9. The molecular weight excluding hydrogens is 247 g/mol. The summed E-state index contributed by atoms with van der Waals surface area (Å²) in [6.45, 7) is 7.47. The van der Waals surface area contributed by atoms with Crippen molar-refractivity contribution in [3.63, 3.8) is 0 Å². The fourth-order valence-electron chi connectivity index (χ4n) is 1.82. The second-order valence-corrected chi connectivity index (χ2v) is 4.43. The Bertz CT molecular complexity index is 348. The van der Waals surface area contributed by atoms with Crippen LogP contribution in [0.2, 0.25) is 0 Å². The maximum absolute atomic E-state index is 12.0. The van der Waals surface area contributed by atoms with Crippen LogP contribution in [-0.2, 0) is 9.59 Å². The molecule has 0 spiro atoms. The minimum atomic E-state index is -1.15. The van der Waals surface area contributed by atoms with Crippen molar-refractivity contribution in [2.75, 3.05) is 0 Å². The summed E-state index contributed by atoms with van der Waals surface area (Å²) >= 11 is 4.77. The average Bonchev–Trinajstić information content (AvgIpc) is 2.16. The molecule has 1 rings (SSSR count). The van der Waals surface area contributed by atoms with Gasteiger partial charge in [-0.25, -0.2) is 0 Å². The molecule has 1 aliphatic heterocycles. The van der Waals surface area contributed by atoms with Crippen molar-refractivity contribution >= 4 is 29.1 Å². The van der Waals surface area contributed by atoms with Gasteiger partial charge in [-0.05, 0) is 25.6 Å². The molecule has 0 atom stereocenters. The zero-order valence-electron chi connectivity index (χ0n) is 10.6. The third kappa shape index (κ3) is 3.16. The van der Waals surface area contributed by atoms with E-state index in [-0.39, 0.29) is 46.5 Å². The first-order chi connectivity index (χ1) is 7.45. The summed E-state index contributed by atoms with van der Waals surface area (Å²) in [6, 6.07) is 0. The molecule has 0 aromatic heterocycles. The zero-order valence-corrected chi connectivity index (χ0v) is 13.4. The zero-order chi connectivity index (χ0) is 12.3. The Morgan fingerprint density at radius 1 is 1.35 bits per heavy atom. The summed E-state index contributed by atoms with van der Waals surface area (Å²) in [5.74, 6) is -0.718. The standard InChI is InChI=1S/C11H16N2O2S.Na/c1-4-5-6-11(7(2)3)8(14)12-10(16)13-9(11)15;/h2,4-6H2,1,3H3,(H2,12,13,14,15,16);/q;+1. The van der Waals surface area contributed by atoms with Crippen LogP contribution in [0.1, 0.15) is 33.1 Å². The van der Waals surface area contributed by atoms with Crippen LogP contribution in [0, 0.1) is 5.41 Å². The van der Waals surface area contributed by atoms with Crippen molar-refractivity contribution in [3.05, 3.63) is 12.2 Å². The third-order valence-corrected chi connectivity index (χ3v) is 3.07. The predicted molar refractivity (Wildman–Crippen MR) is 65.7 cm³/mol. The van der Waals surface area contributed by atoms with Gasteiger partial charge in [-0.15, -0.1) is 0 Å². The van der Waals surface area contributed by atoms with Crippen LogP contribution in [0.5, 0.6) is 0 Å². The molecule has 1 aliphatic rings. The normalized spacial score (nSPS) is 17.9. The van der Waals surface area contributed by atoms with Gasteiger partial charge in [-0.3, -0.25) is 9.59 Å². The van der Waals surface area contributed by atoms with Crippen LogP contribution in [-0.4, -0.2) is 16.9 Å². The molecular formula is C11H16N2NaO2S+. The molecule has 17 heavy (non-hydrogen) atoms. The van der Waals surface area contributed by atoms with E-state index in [0.717, 1.165) is 12.8 Å². The number of hydrogen-bond acceptors (Lipinski definition) is 3. The number of hydrogen-bond donors (Lipinski definition) is 2. The summed E-state index contributed by atoms with van der Waals surface area (Å²) in [5, 5.41) is 5.05. The first kappa shape index (κ1) is 16.8.